The first-order valence-electron chi connectivity index (χ1n) is 34.7. The molecule has 624 valence electrons. The zero-order valence-electron chi connectivity index (χ0n) is 61.3. The number of carboxylic acid groups (broad SMARTS) is 5. The van der Waals surface area contributed by atoms with E-state index >= 15 is 0 Å². The van der Waals surface area contributed by atoms with Gasteiger partial charge in [-0.25, -0.2) is 63.0 Å². The molecule has 39 heteroatoms. The molecule has 2 aromatic carbocycles. The number of carboxylic acids is 5. The van der Waals surface area contributed by atoms with Crippen LogP contribution in [0.5, 0.6) is 0 Å². The van der Waals surface area contributed by atoms with Crippen LogP contribution in [0.2, 0.25) is 0 Å². The fourth-order valence-electron chi connectivity index (χ4n) is 12.3. The number of cyclic esters (lactones) is 4. The summed E-state index contributed by atoms with van der Waals surface area (Å²) in [4.78, 5) is 148. The number of benzene rings is 2. The Morgan fingerprint density at radius 3 is 1.19 bits per heavy atom. The second-order valence-corrected chi connectivity index (χ2v) is 29.3. The predicted octanol–water partition coefficient (Wildman–Crippen LogP) is 11.5. The Balaban J connectivity index is 0.000000336. The number of hydrogen-bond acceptors (Lipinski definition) is 20. The number of aliphatic carboxylic acids is 5. The molecule has 9 fully saturated rings. The number of carbonyl (C=O) groups excluding carboxylic acids is 8. The Morgan fingerprint density at radius 2 is 0.847 bits per heavy atom. The molecule has 2 saturated heterocycles. The van der Waals surface area contributed by atoms with Crippen LogP contribution in [0.25, 0.3) is 0 Å². The average Bonchev–Trinajstić information content (AvgIpc) is 0.800. The molecule has 2 aliphatic heterocycles. The standard InChI is InChI=1S/C15H17F2NO3.C12H12F2O2.C11H12F2O5.C11H14F2O4.C8H10F2O4.C8H12F2O2.C5H6O3.C2H7NO.ClH/c16-15(17)8-11(9-15)6-12(14(20)21)18-13(19)7-10-4-2-1-3-5-10;13-12(14)6-10(7-12)11(15)16-8-9-4-2-1-3-5-9;1-10(2)17-8(15)6(9(16)18-10)7(14)5-3-11(12,13)4-5;1-10(2)16-8(14)7(9(15)17-10)3-6-4-11(12,13)5-6;9-8(10)2-4(3-8)1-5(6(11)12)7(13)14;1-5(7(11)12)2-6-3-8(9,10)4-6;6-4-1-3(2-4)5(7)8;1-3-4-2;/h1-5,11-12H,6-9H2,(H,18,19)(H,20,21);1-5,10H,6-8H2;5-6H,3-4H2,1-2H3;6-7H,3-5H2,1-2H3;4-5H,1-3H2,(H,11,12)(H,13,14);5-6H,2-4H2,1H3,(H,11,12);3H,1-2H2,(H,7,8);3H,1-2H3;1H/t;;;;;5-;;;/m.....0.../s1. The highest BCUT2D eigenvalue weighted by molar-refractivity contribution is 6.16. The number of halogens is 13. The lowest BCUT2D eigenvalue weighted by molar-refractivity contribution is -0.243. The molecule has 0 aromatic heterocycles. The molecule has 7 saturated carbocycles. The van der Waals surface area contributed by atoms with Gasteiger partial charge in [0.25, 0.3) is 11.6 Å². The smallest absolute Gasteiger partial charge is 0.331 e. The number of hydroxylamine groups is 1. The van der Waals surface area contributed by atoms with E-state index in [2.05, 4.69) is 15.6 Å². The lowest BCUT2D eigenvalue weighted by Crippen LogP contribution is -2.53. The summed E-state index contributed by atoms with van der Waals surface area (Å²) in [6.45, 7) is 7.32. The van der Waals surface area contributed by atoms with E-state index in [1.165, 1.54) is 27.7 Å². The molecular formula is C72H91ClF12N2O24. The van der Waals surface area contributed by atoms with E-state index in [9.17, 15) is 115 Å². The molecule has 2 heterocycles. The number of esters is 5. The van der Waals surface area contributed by atoms with Crippen LogP contribution in [0, 0.1) is 65.1 Å². The lowest BCUT2D eigenvalue weighted by atomic mass is 9.75. The normalized spacial score (nSPS) is 21.9. The number of Topliss-reactive ketones (excluding diaryl/α,β-unsaturated/α-hetero) is 2. The van der Waals surface area contributed by atoms with Crippen molar-refractivity contribution in [3.63, 3.8) is 0 Å². The van der Waals surface area contributed by atoms with Crippen LogP contribution in [-0.2, 0) is 104 Å². The Labute approximate surface area is 634 Å². The molecule has 0 radical (unpaired) electrons. The number of carbonyl (C=O) groups is 13. The van der Waals surface area contributed by atoms with Crippen molar-refractivity contribution in [3.8, 4) is 0 Å². The summed E-state index contributed by atoms with van der Waals surface area (Å²) in [5, 5.41) is 45.1. The summed E-state index contributed by atoms with van der Waals surface area (Å²) < 4.78 is 175. The minimum Gasteiger partial charge on any atom is -0.481 e. The van der Waals surface area contributed by atoms with Gasteiger partial charge >= 0.3 is 59.7 Å². The quantitative estimate of drug-likeness (QED) is 0.0189. The molecular weight excluding hydrogens is 1540 g/mol. The fraction of sp³-hybridized carbons (Fsp3) is 0.653. The third-order valence-corrected chi connectivity index (χ3v) is 18.3. The fourth-order valence-corrected chi connectivity index (χ4v) is 12.3. The maximum atomic E-state index is 12.8. The molecule has 7 aliphatic carbocycles. The van der Waals surface area contributed by atoms with Crippen LogP contribution in [0.1, 0.15) is 161 Å². The zero-order valence-corrected chi connectivity index (χ0v) is 62.1. The van der Waals surface area contributed by atoms with Gasteiger partial charge < -0.3 is 59.4 Å². The Kier molecular flexibility index (Phi) is 35.4. The van der Waals surface area contributed by atoms with Crippen molar-refractivity contribution in [2.45, 2.75) is 216 Å². The largest absolute Gasteiger partial charge is 0.481 e. The number of nitrogens with one attached hydrogen (secondary N) is 2. The monoisotopic (exact) mass is 1630 g/mol. The van der Waals surface area contributed by atoms with Gasteiger partial charge in [0.15, 0.2) is 17.6 Å². The van der Waals surface area contributed by atoms with Gasteiger partial charge in [-0.05, 0) is 60.5 Å². The van der Waals surface area contributed by atoms with Crippen molar-refractivity contribution in [2.24, 2.45) is 65.1 Å². The highest BCUT2D eigenvalue weighted by Crippen LogP contribution is 2.50. The van der Waals surface area contributed by atoms with Crippen molar-refractivity contribution in [2.75, 3.05) is 14.2 Å². The van der Waals surface area contributed by atoms with Gasteiger partial charge in [0.1, 0.15) is 18.4 Å². The van der Waals surface area contributed by atoms with Gasteiger partial charge in [-0.3, -0.25) is 57.5 Å². The predicted molar refractivity (Wildman–Crippen MR) is 359 cm³/mol. The third-order valence-electron chi connectivity index (χ3n) is 18.3. The van der Waals surface area contributed by atoms with Crippen LogP contribution in [0.15, 0.2) is 60.7 Å². The van der Waals surface area contributed by atoms with E-state index < -0.39 is 192 Å². The number of hydrogen-bond donors (Lipinski definition) is 7. The van der Waals surface area contributed by atoms with Crippen LogP contribution in [0.3, 0.4) is 0 Å². The van der Waals surface area contributed by atoms with E-state index in [1.807, 2.05) is 36.4 Å². The van der Waals surface area contributed by atoms with Crippen molar-refractivity contribution < 1.29 is 169 Å². The van der Waals surface area contributed by atoms with Crippen LogP contribution in [0.4, 0.5) is 52.7 Å². The van der Waals surface area contributed by atoms with Crippen LogP contribution >= 0.6 is 12.4 Å². The zero-order chi connectivity index (χ0) is 83.5. The van der Waals surface area contributed by atoms with Crippen molar-refractivity contribution in [1.29, 1.82) is 0 Å². The Bertz CT molecular complexity index is 3460. The van der Waals surface area contributed by atoms with E-state index in [1.54, 1.807) is 45.3 Å². The van der Waals surface area contributed by atoms with E-state index in [0.717, 1.165) is 11.1 Å². The molecule has 2 aromatic rings. The topological polar surface area (TPSA) is 402 Å². The number of alkyl halides is 12. The summed E-state index contributed by atoms with van der Waals surface area (Å²) >= 11 is 0. The molecule has 7 N–H and O–H groups in total. The number of amides is 1. The van der Waals surface area contributed by atoms with Crippen molar-refractivity contribution in [1.82, 2.24) is 10.8 Å². The molecule has 26 nitrogen and oxygen atoms in total. The number of ketones is 2. The van der Waals surface area contributed by atoms with Crippen molar-refractivity contribution in [3.05, 3.63) is 71.8 Å². The average molecular weight is 1630 g/mol. The van der Waals surface area contributed by atoms with Crippen LogP contribution < -0.4 is 10.8 Å². The van der Waals surface area contributed by atoms with Gasteiger partial charge in [-0.1, -0.05) is 67.6 Å². The Morgan fingerprint density at radius 1 is 0.486 bits per heavy atom. The SMILES string of the molecule is CC1(C)OC(=O)C(C(=O)C2CC(F)(F)C2)C(=O)O1.CC1(C)OC(=O)C(CC2CC(F)(F)C2)C(=O)O1.CNOC.C[C@@H](CC1CC(F)(F)C1)C(=O)O.Cl.O=C(Cc1ccccc1)NC(CC1CC(F)(F)C1)C(=O)O.O=C(O)C(CC1CC(F)(F)C1)C(=O)O.O=C(OCc1ccccc1)C1CC(F)(F)C1.O=C1CC(C(=O)O)C1. The summed E-state index contributed by atoms with van der Waals surface area (Å²) in [6.07, 6.45) is -3.35. The number of rotatable bonds is 22. The highest BCUT2D eigenvalue weighted by atomic mass is 35.5. The van der Waals surface area contributed by atoms with Gasteiger partial charge in [0.05, 0.1) is 31.3 Å². The second kappa shape index (κ2) is 40.7. The first-order chi connectivity index (χ1) is 50.6. The van der Waals surface area contributed by atoms with Gasteiger partial charge in [-0.2, -0.15) is 0 Å². The summed E-state index contributed by atoms with van der Waals surface area (Å²) in [7, 11) is 3.28. The maximum Gasteiger partial charge on any atom is 0.331 e. The molecule has 111 heavy (non-hydrogen) atoms. The van der Waals surface area contributed by atoms with Crippen LogP contribution in [-0.4, -0.2) is 170 Å². The summed E-state index contributed by atoms with van der Waals surface area (Å²) in [6, 6.07) is 17.0. The van der Waals surface area contributed by atoms with Gasteiger partial charge in [0.2, 0.25) is 47.4 Å². The van der Waals surface area contributed by atoms with E-state index in [-0.39, 0.29) is 138 Å². The molecule has 2 atom stereocenters. The third kappa shape index (κ3) is 33.3. The van der Waals surface area contributed by atoms with Gasteiger partial charge in [0, 0.05) is 131 Å². The molecule has 0 bridgehead atoms. The molecule has 1 amide bonds. The minimum atomic E-state index is -2.89. The number of ether oxygens (including phenoxy) is 5. The molecule has 9 aliphatic rings. The summed E-state index contributed by atoms with van der Waals surface area (Å²) in [5.74, 6) is -37.8. The van der Waals surface area contributed by atoms with Crippen molar-refractivity contribution >= 4 is 89.6 Å². The molecule has 1 unspecified atom stereocenters. The molecule has 0 spiro atoms. The first-order valence-corrected chi connectivity index (χ1v) is 34.7. The highest BCUT2D eigenvalue weighted by Gasteiger charge is 2.57. The minimum absolute atomic E-state index is 0. The molecule has 11 rings (SSSR count). The lowest BCUT2D eigenvalue weighted by Gasteiger charge is -2.38. The maximum absolute atomic E-state index is 12.8. The second-order valence-electron chi connectivity index (χ2n) is 29.3. The van der Waals surface area contributed by atoms with E-state index in [4.69, 9.17) is 49.2 Å². The van der Waals surface area contributed by atoms with Gasteiger partial charge in [-0.15, -0.1) is 12.4 Å². The first kappa shape index (κ1) is 96.5. The summed E-state index contributed by atoms with van der Waals surface area (Å²) in [5.41, 5.74) is 4.07. The van der Waals surface area contributed by atoms with E-state index in [0.29, 0.717) is 6.42 Å². The Hall–Kier alpha value is -8.68.